The molecule has 23 heavy (non-hydrogen) atoms. The van der Waals surface area contributed by atoms with Gasteiger partial charge in [-0.2, -0.15) is 13.2 Å². The molecule has 2 rings (SSSR count). The van der Waals surface area contributed by atoms with Crippen LogP contribution in [0.25, 0.3) is 0 Å². The van der Waals surface area contributed by atoms with Gasteiger partial charge in [-0.3, -0.25) is 4.79 Å². The Labute approximate surface area is 133 Å². The van der Waals surface area contributed by atoms with Crippen LogP contribution in [0.2, 0.25) is 0 Å². The molecular formula is C16H21F3N2O2. The third-order valence-electron chi connectivity index (χ3n) is 4.22. The molecule has 1 fully saturated rings. The number of nitrogens with zero attached hydrogens (tertiary/aromatic N) is 2. The molecule has 1 saturated carbocycles. The van der Waals surface area contributed by atoms with E-state index in [0.717, 1.165) is 25.7 Å². The summed E-state index contributed by atoms with van der Waals surface area (Å²) in [5.74, 6) is 0.383. The Morgan fingerprint density at radius 2 is 1.96 bits per heavy atom. The number of hydrogen-bond acceptors (Lipinski definition) is 3. The minimum atomic E-state index is -4.41. The lowest BCUT2D eigenvalue weighted by atomic mass is 9.86. The number of carbonyl (C=O) groups excluding carboxylic acids is 1. The van der Waals surface area contributed by atoms with Crippen LogP contribution < -0.4 is 4.74 Å². The van der Waals surface area contributed by atoms with Crippen molar-refractivity contribution in [1.29, 1.82) is 0 Å². The van der Waals surface area contributed by atoms with E-state index >= 15 is 0 Å². The average molecular weight is 330 g/mol. The summed E-state index contributed by atoms with van der Waals surface area (Å²) in [6.45, 7) is 0.815. The Morgan fingerprint density at radius 3 is 2.48 bits per heavy atom. The molecular weight excluding hydrogens is 309 g/mol. The maximum atomic E-state index is 12.4. The Kier molecular flexibility index (Phi) is 5.49. The van der Waals surface area contributed by atoms with Gasteiger partial charge in [0.2, 0.25) is 5.88 Å². The second-order valence-electron chi connectivity index (χ2n) is 6.12. The first-order valence-electron chi connectivity index (χ1n) is 7.69. The molecule has 0 spiro atoms. The molecule has 1 aromatic heterocycles. The minimum Gasteiger partial charge on any atom is -0.468 e. The van der Waals surface area contributed by atoms with E-state index in [4.69, 9.17) is 0 Å². The van der Waals surface area contributed by atoms with E-state index in [1.165, 1.54) is 18.3 Å². The third-order valence-corrected chi connectivity index (χ3v) is 4.22. The number of ether oxygens (including phenoxy) is 1. The van der Waals surface area contributed by atoms with Gasteiger partial charge in [-0.15, -0.1) is 0 Å². The summed E-state index contributed by atoms with van der Waals surface area (Å²) in [6.07, 6.45) is 1.01. The molecule has 0 saturated heterocycles. The Hall–Kier alpha value is -1.79. The van der Waals surface area contributed by atoms with Crippen molar-refractivity contribution in [1.82, 2.24) is 9.88 Å². The van der Waals surface area contributed by atoms with E-state index in [2.05, 4.69) is 16.6 Å². The zero-order valence-electron chi connectivity index (χ0n) is 13.3. The van der Waals surface area contributed by atoms with Crippen molar-refractivity contribution in [2.45, 2.75) is 44.8 Å². The molecule has 1 aliphatic carbocycles. The van der Waals surface area contributed by atoms with Crippen LogP contribution in [0.5, 0.6) is 5.88 Å². The largest absolute Gasteiger partial charge is 0.468 e. The van der Waals surface area contributed by atoms with Gasteiger partial charge >= 0.3 is 6.18 Å². The van der Waals surface area contributed by atoms with Crippen LogP contribution in [0.1, 0.15) is 43.0 Å². The van der Waals surface area contributed by atoms with Gasteiger partial charge in [0.05, 0.1) is 5.56 Å². The van der Waals surface area contributed by atoms with Crippen LogP contribution in [0.4, 0.5) is 13.2 Å². The van der Waals surface area contributed by atoms with Crippen molar-refractivity contribution in [3.63, 3.8) is 0 Å². The fourth-order valence-corrected chi connectivity index (χ4v) is 2.75. The predicted octanol–water partition coefficient (Wildman–Crippen LogP) is 3.67. The van der Waals surface area contributed by atoms with E-state index in [-0.39, 0.29) is 17.8 Å². The molecule has 0 atom stereocenters. The highest BCUT2D eigenvalue weighted by Crippen LogP contribution is 2.27. The lowest BCUT2D eigenvalue weighted by Gasteiger charge is -2.33. The SMILES string of the molecule is CC1CCC(N(C)C(=O)c2ccc(OCC(F)(F)F)nc2)CC1. The first kappa shape index (κ1) is 17.6. The summed E-state index contributed by atoms with van der Waals surface area (Å²) in [5.41, 5.74) is 0.352. The molecule has 0 aliphatic heterocycles. The lowest BCUT2D eigenvalue weighted by molar-refractivity contribution is -0.154. The summed E-state index contributed by atoms with van der Waals surface area (Å²) in [5, 5.41) is 0. The number of halogens is 3. The van der Waals surface area contributed by atoms with E-state index in [0.29, 0.717) is 11.5 Å². The predicted molar refractivity (Wildman–Crippen MR) is 79.3 cm³/mol. The lowest BCUT2D eigenvalue weighted by Crippen LogP contribution is -2.39. The molecule has 4 nitrogen and oxygen atoms in total. The van der Waals surface area contributed by atoms with Crippen LogP contribution in [-0.4, -0.2) is 41.7 Å². The van der Waals surface area contributed by atoms with Gasteiger partial charge in [0, 0.05) is 25.4 Å². The normalized spacial score (nSPS) is 21.8. The highest BCUT2D eigenvalue weighted by atomic mass is 19.4. The fraction of sp³-hybridized carbons (Fsp3) is 0.625. The summed E-state index contributed by atoms with van der Waals surface area (Å²) in [4.78, 5) is 17.9. The molecule has 0 aromatic carbocycles. The topological polar surface area (TPSA) is 42.4 Å². The Balaban J connectivity index is 1.94. The van der Waals surface area contributed by atoms with E-state index in [9.17, 15) is 18.0 Å². The Morgan fingerprint density at radius 1 is 1.30 bits per heavy atom. The van der Waals surface area contributed by atoms with Crippen molar-refractivity contribution in [2.24, 2.45) is 5.92 Å². The third kappa shape index (κ3) is 5.11. The number of alkyl halides is 3. The van der Waals surface area contributed by atoms with Crippen molar-refractivity contribution in [3.05, 3.63) is 23.9 Å². The molecule has 128 valence electrons. The second-order valence-corrected chi connectivity index (χ2v) is 6.12. The smallest absolute Gasteiger partial charge is 0.422 e. The van der Waals surface area contributed by atoms with Gasteiger partial charge in [0.15, 0.2) is 6.61 Å². The van der Waals surface area contributed by atoms with Crippen LogP contribution in [0.3, 0.4) is 0 Å². The zero-order chi connectivity index (χ0) is 17.0. The first-order chi connectivity index (χ1) is 10.8. The van der Waals surface area contributed by atoms with Crippen LogP contribution in [0, 0.1) is 5.92 Å². The van der Waals surface area contributed by atoms with Gasteiger partial charge in [0.25, 0.3) is 5.91 Å². The minimum absolute atomic E-state index is 0.145. The van der Waals surface area contributed by atoms with E-state index in [1.807, 2.05) is 0 Å². The number of pyridine rings is 1. The highest BCUT2D eigenvalue weighted by molar-refractivity contribution is 5.94. The van der Waals surface area contributed by atoms with Gasteiger partial charge in [-0.25, -0.2) is 4.98 Å². The maximum Gasteiger partial charge on any atom is 0.422 e. The monoisotopic (exact) mass is 330 g/mol. The van der Waals surface area contributed by atoms with E-state index in [1.54, 1.807) is 11.9 Å². The highest BCUT2D eigenvalue weighted by Gasteiger charge is 2.29. The van der Waals surface area contributed by atoms with Gasteiger partial charge in [-0.1, -0.05) is 6.92 Å². The molecule has 1 aromatic rings. The number of carbonyl (C=O) groups is 1. The quantitative estimate of drug-likeness (QED) is 0.846. The number of hydrogen-bond donors (Lipinski definition) is 0. The Bertz CT molecular complexity index is 523. The molecule has 1 heterocycles. The summed E-state index contributed by atoms with van der Waals surface area (Å²) < 4.78 is 40.8. The number of amides is 1. The van der Waals surface area contributed by atoms with Gasteiger partial charge in [-0.05, 0) is 37.7 Å². The standard InChI is InChI=1S/C16H21F3N2O2/c1-11-3-6-13(7-4-11)21(2)15(22)12-5-8-14(20-9-12)23-10-16(17,18)19/h5,8-9,11,13H,3-4,6-7,10H2,1-2H3. The number of aromatic nitrogens is 1. The zero-order valence-corrected chi connectivity index (χ0v) is 13.3. The van der Waals surface area contributed by atoms with Crippen molar-refractivity contribution >= 4 is 5.91 Å². The summed E-state index contributed by atoms with van der Waals surface area (Å²) in [7, 11) is 1.76. The average Bonchev–Trinajstić information content (AvgIpc) is 2.52. The van der Waals surface area contributed by atoms with E-state index < -0.39 is 12.8 Å². The molecule has 1 amide bonds. The molecule has 0 unspecified atom stereocenters. The summed E-state index contributed by atoms with van der Waals surface area (Å²) >= 11 is 0. The maximum absolute atomic E-state index is 12.4. The second kappa shape index (κ2) is 7.19. The molecule has 0 N–H and O–H groups in total. The van der Waals surface area contributed by atoms with Crippen molar-refractivity contribution in [3.8, 4) is 5.88 Å². The summed E-state index contributed by atoms with van der Waals surface area (Å²) in [6, 6.07) is 2.94. The molecule has 1 aliphatic rings. The van der Waals surface area contributed by atoms with Crippen molar-refractivity contribution in [2.75, 3.05) is 13.7 Å². The van der Waals surface area contributed by atoms with Gasteiger partial charge < -0.3 is 9.64 Å². The molecule has 0 bridgehead atoms. The number of rotatable bonds is 4. The van der Waals surface area contributed by atoms with Crippen LogP contribution in [0.15, 0.2) is 18.3 Å². The van der Waals surface area contributed by atoms with Gasteiger partial charge in [0.1, 0.15) is 0 Å². The first-order valence-corrected chi connectivity index (χ1v) is 7.69. The molecule has 7 heteroatoms. The fourth-order valence-electron chi connectivity index (χ4n) is 2.75. The molecule has 0 radical (unpaired) electrons. The van der Waals surface area contributed by atoms with Crippen LogP contribution in [-0.2, 0) is 0 Å². The van der Waals surface area contributed by atoms with Crippen molar-refractivity contribution < 1.29 is 22.7 Å². The van der Waals surface area contributed by atoms with Crippen LogP contribution >= 0.6 is 0 Å².